The average Bonchev–Trinajstić information content (AvgIpc) is 2.65. The summed E-state index contributed by atoms with van der Waals surface area (Å²) >= 11 is 24.2. The Labute approximate surface area is 186 Å². The zero-order valence-corrected chi connectivity index (χ0v) is 18.1. The van der Waals surface area contributed by atoms with E-state index in [-0.39, 0.29) is 31.8 Å². The molecule has 3 rings (SSSR count). The van der Waals surface area contributed by atoms with Crippen LogP contribution in [0.4, 0.5) is 0 Å². The van der Waals surface area contributed by atoms with Gasteiger partial charge in [-0.25, -0.2) is 0 Å². The smallest absolute Gasteiger partial charge is 0.283 e. The summed E-state index contributed by atoms with van der Waals surface area (Å²) in [5.41, 5.74) is -0.535. The number of hydrogen-bond donors (Lipinski definition) is 3. The molecule has 0 saturated carbocycles. The third-order valence-corrected chi connectivity index (χ3v) is 7.34. The lowest BCUT2D eigenvalue weighted by Gasteiger charge is -2.34. The fraction of sp³-hybridized carbons (Fsp3) is 0.0526. The number of phenolic OH excluding ortho intramolecular Hbond substituents is 2. The molecule has 1 atom stereocenters. The fourth-order valence-corrected chi connectivity index (χ4v) is 5.27. The minimum Gasteiger partial charge on any atom is -0.506 e. The van der Waals surface area contributed by atoms with Gasteiger partial charge in [-0.1, -0.05) is 76.7 Å². The van der Waals surface area contributed by atoms with E-state index < -0.39 is 26.4 Å². The molecule has 0 heterocycles. The van der Waals surface area contributed by atoms with Crippen LogP contribution in [0.2, 0.25) is 20.1 Å². The van der Waals surface area contributed by atoms with Crippen LogP contribution in [0.15, 0.2) is 54.6 Å². The van der Waals surface area contributed by atoms with Gasteiger partial charge in [0.05, 0.1) is 10.0 Å². The molecule has 0 aliphatic rings. The van der Waals surface area contributed by atoms with Crippen molar-refractivity contribution in [3.63, 3.8) is 0 Å². The minimum absolute atomic E-state index is 0.00871. The predicted molar refractivity (Wildman–Crippen MR) is 114 cm³/mol. The number of phenols is 2. The number of hydrogen-bond acceptors (Lipinski definition) is 4. The van der Waals surface area contributed by atoms with Crippen LogP contribution in [0.3, 0.4) is 0 Å². The summed E-state index contributed by atoms with van der Waals surface area (Å²) < 4.78 is 33.9. The zero-order chi connectivity index (χ0) is 21.6. The first-order chi connectivity index (χ1) is 13.5. The van der Waals surface area contributed by atoms with Crippen LogP contribution in [0.1, 0.15) is 16.7 Å². The van der Waals surface area contributed by atoms with E-state index in [9.17, 15) is 23.2 Å². The highest BCUT2D eigenvalue weighted by Crippen LogP contribution is 2.52. The van der Waals surface area contributed by atoms with Gasteiger partial charge in [-0.3, -0.25) is 4.55 Å². The van der Waals surface area contributed by atoms with E-state index >= 15 is 0 Å². The highest BCUT2D eigenvalue weighted by molar-refractivity contribution is 7.87. The molecular formula is C19H12Cl4O5S. The van der Waals surface area contributed by atoms with Crippen molar-refractivity contribution >= 4 is 56.5 Å². The monoisotopic (exact) mass is 492 g/mol. The second kappa shape index (κ2) is 7.87. The van der Waals surface area contributed by atoms with Crippen LogP contribution in [0, 0.1) is 0 Å². The summed E-state index contributed by atoms with van der Waals surface area (Å²) in [6, 6.07) is 11.9. The maximum absolute atomic E-state index is 12.9. The molecule has 29 heavy (non-hydrogen) atoms. The molecule has 0 amide bonds. The first-order valence-electron chi connectivity index (χ1n) is 7.90. The van der Waals surface area contributed by atoms with E-state index in [0.717, 1.165) is 0 Å². The molecule has 3 aromatic carbocycles. The Morgan fingerprint density at radius 2 is 1.38 bits per heavy atom. The lowest BCUT2D eigenvalue weighted by molar-refractivity contribution is 0.439. The van der Waals surface area contributed by atoms with E-state index in [4.69, 9.17) is 46.4 Å². The summed E-state index contributed by atoms with van der Waals surface area (Å²) in [7, 11) is -5.09. The van der Waals surface area contributed by atoms with E-state index in [1.54, 1.807) is 0 Å². The molecule has 3 N–H and O–H groups in total. The van der Waals surface area contributed by atoms with Gasteiger partial charge in [0.1, 0.15) is 16.5 Å². The Hall–Kier alpha value is -1.67. The summed E-state index contributed by atoms with van der Waals surface area (Å²) in [4.78, 5) is 0. The number of aromatic hydroxyl groups is 2. The van der Waals surface area contributed by atoms with Crippen molar-refractivity contribution in [1.29, 1.82) is 0 Å². The minimum atomic E-state index is -5.09. The maximum atomic E-state index is 12.9. The Bertz CT molecular complexity index is 1200. The molecule has 3 aromatic rings. The van der Waals surface area contributed by atoms with Crippen molar-refractivity contribution in [2.75, 3.05) is 0 Å². The summed E-state index contributed by atoms with van der Waals surface area (Å²) in [6.07, 6.45) is 0. The topological polar surface area (TPSA) is 94.8 Å². The SMILES string of the molecule is O=S(=O)(O)C(c1ccc(Cl)cc1)(c1ccc(Cl)c(Cl)c1O)c1cccc(O)c1Cl. The van der Waals surface area contributed by atoms with Crippen molar-refractivity contribution in [1.82, 2.24) is 0 Å². The molecule has 0 radical (unpaired) electrons. The second-order valence-electron chi connectivity index (χ2n) is 6.06. The molecule has 0 fully saturated rings. The molecular weight excluding hydrogens is 482 g/mol. The van der Waals surface area contributed by atoms with Crippen LogP contribution in [-0.2, 0) is 14.9 Å². The van der Waals surface area contributed by atoms with Gasteiger partial charge >= 0.3 is 0 Å². The van der Waals surface area contributed by atoms with Gasteiger partial charge in [0, 0.05) is 16.1 Å². The fourth-order valence-electron chi connectivity index (χ4n) is 3.18. The molecule has 0 aromatic heterocycles. The molecule has 152 valence electrons. The van der Waals surface area contributed by atoms with Crippen molar-refractivity contribution < 1.29 is 23.2 Å². The van der Waals surface area contributed by atoms with Gasteiger partial charge in [-0.15, -0.1) is 0 Å². The largest absolute Gasteiger partial charge is 0.506 e. The Balaban J connectivity index is 2.61. The molecule has 0 spiro atoms. The van der Waals surface area contributed by atoms with Gasteiger partial charge in [0.2, 0.25) is 0 Å². The van der Waals surface area contributed by atoms with Gasteiger partial charge in [0.15, 0.2) is 4.75 Å². The normalized spacial score (nSPS) is 13.8. The highest BCUT2D eigenvalue weighted by Gasteiger charge is 2.52. The number of benzene rings is 3. The van der Waals surface area contributed by atoms with Gasteiger partial charge in [-0.2, -0.15) is 8.42 Å². The second-order valence-corrected chi connectivity index (χ2v) is 9.22. The van der Waals surface area contributed by atoms with E-state index in [0.29, 0.717) is 5.02 Å². The molecule has 0 aliphatic carbocycles. The third-order valence-electron chi connectivity index (χ3n) is 4.44. The Morgan fingerprint density at radius 1 is 0.759 bits per heavy atom. The van der Waals surface area contributed by atoms with Crippen LogP contribution in [0.5, 0.6) is 11.5 Å². The summed E-state index contributed by atoms with van der Waals surface area (Å²) in [5, 5.41) is 20.4. The van der Waals surface area contributed by atoms with Gasteiger partial charge in [0.25, 0.3) is 10.1 Å². The summed E-state index contributed by atoms with van der Waals surface area (Å²) in [5.74, 6) is -1.10. The van der Waals surface area contributed by atoms with Crippen LogP contribution in [0.25, 0.3) is 0 Å². The molecule has 10 heteroatoms. The Morgan fingerprint density at radius 3 is 1.97 bits per heavy atom. The zero-order valence-electron chi connectivity index (χ0n) is 14.3. The summed E-state index contributed by atoms with van der Waals surface area (Å²) in [6.45, 7) is 0. The first-order valence-corrected chi connectivity index (χ1v) is 10.9. The van der Waals surface area contributed by atoms with Crippen molar-refractivity contribution in [2.24, 2.45) is 0 Å². The van der Waals surface area contributed by atoms with E-state index in [1.165, 1.54) is 54.6 Å². The molecule has 0 aliphatic heterocycles. The predicted octanol–water partition coefficient (Wildman–Crippen LogP) is 5.89. The molecule has 0 saturated heterocycles. The van der Waals surface area contributed by atoms with Crippen LogP contribution < -0.4 is 0 Å². The standard InChI is InChI=1S/C19H12Cl4O5S/c20-11-6-4-10(5-7-11)19(29(26,27)28,12-2-1-3-15(24)16(12)22)13-8-9-14(21)17(23)18(13)25/h1-9,24-25H,(H,26,27,28). The molecule has 0 bridgehead atoms. The van der Waals surface area contributed by atoms with E-state index in [1.807, 2.05) is 0 Å². The van der Waals surface area contributed by atoms with Crippen molar-refractivity contribution in [2.45, 2.75) is 4.75 Å². The lowest BCUT2D eigenvalue weighted by atomic mass is 9.83. The third kappa shape index (κ3) is 3.54. The van der Waals surface area contributed by atoms with Crippen molar-refractivity contribution in [3.8, 4) is 11.5 Å². The first kappa shape index (κ1) is 22.0. The maximum Gasteiger partial charge on any atom is 0.283 e. The van der Waals surface area contributed by atoms with Crippen LogP contribution in [-0.4, -0.2) is 23.2 Å². The average molecular weight is 494 g/mol. The highest BCUT2D eigenvalue weighted by atomic mass is 35.5. The lowest BCUT2D eigenvalue weighted by Crippen LogP contribution is -2.38. The number of rotatable bonds is 4. The molecule has 5 nitrogen and oxygen atoms in total. The van der Waals surface area contributed by atoms with Gasteiger partial charge < -0.3 is 10.2 Å². The van der Waals surface area contributed by atoms with E-state index in [2.05, 4.69) is 0 Å². The number of halogens is 4. The van der Waals surface area contributed by atoms with Crippen LogP contribution >= 0.6 is 46.4 Å². The molecule has 1 unspecified atom stereocenters. The quantitative estimate of drug-likeness (QED) is 0.311. The van der Waals surface area contributed by atoms with Gasteiger partial charge in [-0.05, 0) is 29.8 Å². The Kier molecular flexibility index (Phi) is 5.98. The van der Waals surface area contributed by atoms with Crippen molar-refractivity contribution in [3.05, 3.63) is 91.4 Å².